The molecule has 1 aliphatic heterocycles. The van der Waals surface area contributed by atoms with Crippen molar-refractivity contribution in [3.8, 4) is 5.75 Å². The number of carbonyl (C=O) groups excluding carboxylic acids is 1. The molecule has 0 radical (unpaired) electrons. The lowest BCUT2D eigenvalue weighted by Crippen LogP contribution is -2.30. The van der Waals surface area contributed by atoms with Crippen molar-refractivity contribution in [1.29, 1.82) is 0 Å². The van der Waals surface area contributed by atoms with Gasteiger partial charge in [0.15, 0.2) is 0 Å². The predicted octanol–water partition coefficient (Wildman–Crippen LogP) is 4.17. The monoisotopic (exact) mass is 366 g/mol. The highest BCUT2D eigenvalue weighted by molar-refractivity contribution is 5.88. The Hall–Kier alpha value is -2.82. The third kappa shape index (κ3) is 4.13. The number of H-pyrrole nitrogens is 1. The summed E-state index contributed by atoms with van der Waals surface area (Å²) in [6, 6.07) is 14.1. The zero-order valence-electron chi connectivity index (χ0n) is 15.2. The number of rotatable bonds is 6. The normalized spacial score (nSPS) is 16.8. The maximum Gasteiger partial charge on any atom is 0.227 e. The highest BCUT2D eigenvalue weighted by Gasteiger charge is 2.26. The summed E-state index contributed by atoms with van der Waals surface area (Å²) >= 11 is 0. The molecule has 0 saturated carbocycles. The molecule has 1 amide bonds. The Morgan fingerprint density at radius 2 is 2.00 bits per heavy atom. The van der Waals surface area contributed by atoms with Crippen LogP contribution in [0.2, 0.25) is 0 Å². The van der Waals surface area contributed by atoms with E-state index in [0.29, 0.717) is 24.7 Å². The number of likely N-dealkylation sites (tertiary alicyclic amines) is 1. The van der Waals surface area contributed by atoms with Crippen molar-refractivity contribution in [2.45, 2.75) is 19.3 Å². The second-order valence-electron chi connectivity index (χ2n) is 7.12. The van der Waals surface area contributed by atoms with Crippen LogP contribution in [0.5, 0.6) is 5.75 Å². The van der Waals surface area contributed by atoms with E-state index in [2.05, 4.69) is 4.98 Å². The van der Waals surface area contributed by atoms with E-state index in [9.17, 15) is 9.18 Å². The first-order valence-electron chi connectivity index (χ1n) is 9.40. The number of hydrogen-bond acceptors (Lipinski definition) is 2. The highest BCUT2D eigenvalue weighted by atomic mass is 19.1. The number of carbonyl (C=O) groups is 1. The SMILES string of the molecule is O=C(Cc1c[nH]c2ccccc12)N1CCC(CCOc2ccc(F)cc2)C1. The largest absolute Gasteiger partial charge is 0.494 e. The quantitative estimate of drug-likeness (QED) is 0.712. The van der Waals surface area contributed by atoms with Crippen molar-refractivity contribution in [2.24, 2.45) is 5.92 Å². The van der Waals surface area contributed by atoms with Gasteiger partial charge in [0.25, 0.3) is 0 Å². The summed E-state index contributed by atoms with van der Waals surface area (Å²) in [7, 11) is 0. The molecule has 1 atom stereocenters. The highest BCUT2D eigenvalue weighted by Crippen LogP contribution is 2.23. The van der Waals surface area contributed by atoms with Gasteiger partial charge >= 0.3 is 0 Å². The van der Waals surface area contributed by atoms with Gasteiger partial charge in [-0.1, -0.05) is 18.2 Å². The number of ether oxygens (including phenoxy) is 1. The number of amides is 1. The van der Waals surface area contributed by atoms with Gasteiger partial charge in [0.1, 0.15) is 11.6 Å². The van der Waals surface area contributed by atoms with Crippen molar-refractivity contribution >= 4 is 16.8 Å². The van der Waals surface area contributed by atoms with Gasteiger partial charge in [0, 0.05) is 30.2 Å². The summed E-state index contributed by atoms with van der Waals surface area (Å²) in [5.41, 5.74) is 2.12. The minimum Gasteiger partial charge on any atom is -0.494 e. The molecule has 2 aromatic carbocycles. The summed E-state index contributed by atoms with van der Waals surface area (Å²) in [6.45, 7) is 2.18. The third-order valence-electron chi connectivity index (χ3n) is 5.26. The zero-order valence-corrected chi connectivity index (χ0v) is 15.2. The summed E-state index contributed by atoms with van der Waals surface area (Å²) in [5, 5.41) is 1.12. The number of aromatic amines is 1. The van der Waals surface area contributed by atoms with Gasteiger partial charge < -0.3 is 14.6 Å². The van der Waals surface area contributed by atoms with E-state index in [1.54, 1.807) is 12.1 Å². The number of para-hydroxylation sites is 1. The average molecular weight is 366 g/mol. The molecule has 140 valence electrons. The fourth-order valence-corrected chi connectivity index (χ4v) is 3.72. The summed E-state index contributed by atoms with van der Waals surface area (Å²) < 4.78 is 18.6. The number of halogens is 1. The van der Waals surface area contributed by atoms with E-state index < -0.39 is 0 Å². The van der Waals surface area contributed by atoms with E-state index in [-0.39, 0.29) is 11.7 Å². The van der Waals surface area contributed by atoms with Crippen LogP contribution in [0.4, 0.5) is 4.39 Å². The minimum atomic E-state index is -0.262. The van der Waals surface area contributed by atoms with Crippen LogP contribution in [-0.4, -0.2) is 35.5 Å². The first kappa shape index (κ1) is 17.6. The topological polar surface area (TPSA) is 45.3 Å². The molecule has 1 unspecified atom stereocenters. The lowest BCUT2D eigenvalue weighted by atomic mass is 10.1. The van der Waals surface area contributed by atoms with E-state index in [1.807, 2.05) is 35.4 Å². The molecule has 5 heteroatoms. The lowest BCUT2D eigenvalue weighted by molar-refractivity contribution is -0.129. The third-order valence-corrected chi connectivity index (χ3v) is 5.26. The van der Waals surface area contributed by atoms with Gasteiger partial charge in [0.2, 0.25) is 5.91 Å². The Labute approximate surface area is 157 Å². The van der Waals surface area contributed by atoms with Crippen molar-refractivity contribution in [2.75, 3.05) is 19.7 Å². The average Bonchev–Trinajstić information content (AvgIpc) is 3.31. The first-order chi connectivity index (χ1) is 13.2. The Bertz CT molecular complexity index is 919. The molecule has 27 heavy (non-hydrogen) atoms. The van der Waals surface area contributed by atoms with Crippen LogP contribution in [0.15, 0.2) is 54.7 Å². The molecule has 1 N–H and O–H groups in total. The minimum absolute atomic E-state index is 0.182. The molecule has 0 aliphatic carbocycles. The van der Waals surface area contributed by atoms with Gasteiger partial charge in [-0.25, -0.2) is 4.39 Å². The number of hydrogen-bond donors (Lipinski definition) is 1. The van der Waals surface area contributed by atoms with Crippen molar-refractivity contribution in [1.82, 2.24) is 9.88 Å². The van der Waals surface area contributed by atoms with Gasteiger partial charge in [-0.15, -0.1) is 0 Å². The summed E-state index contributed by atoms with van der Waals surface area (Å²) in [4.78, 5) is 17.9. The smallest absolute Gasteiger partial charge is 0.227 e. The fraction of sp³-hybridized carbons (Fsp3) is 0.318. The lowest BCUT2D eigenvalue weighted by Gasteiger charge is -2.16. The Kier molecular flexibility index (Phi) is 5.10. The maximum atomic E-state index is 12.9. The Morgan fingerprint density at radius 3 is 2.85 bits per heavy atom. The van der Waals surface area contributed by atoms with Gasteiger partial charge in [-0.3, -0.25) is 4.79 Å². The Balaban J connectivity index is 1.26. The summed E-state index contributed by atoms with van der Waals surface area (Å²) in [6.07, 6.45) is 4.27. The van der Waals surface area contributed by atoms with Crippen molar-refractivity contribution < 1.29 is 13.9 Å². The van der Waals surface area contributed by atoms with Gasteiger partial charge in [-0.2, -0.15) is 0 Å². The first-order valence-corrected chi connectivity index (χ1v) is 9.40. The summed E-state index contributed by atoms with van der Waals surface area (Å²) in [5.74, 6) is 1.06. The maximum absolute atomic E-state index is 12.9. The molecular formula is C22H23FN2O2. The molecule has 1 saturated heterocycles. The standard InChI is InChI=1S/C22H23FN2O2/c23-18-5-7-19(8-6-18)27-12-10-16-9-11-25(15-16)22(26)13-17-14-24-21-4-2-1-3-20(17)21/h1-8,14,16,24H,9-13,15H2. The van der Waals surface area contributed by atoms with Gasteiger partial charge in [0.05, 0.1) is 13.0 Å². The Morgan fingerprint density at radius 1 is 1.19 bits per heavy atom. The number of fused-ring (bicyclic) bond motifs is 1. The number of aromatic nitrogens is 1. The van der Waals surface area contributed by atoms with Gasteiger partial charge in [-0.05, 0) is 54.7 Å². The molecule has 1 fully saturated rings. The van der Waals surface area contributed by atoms with Crippen LogP contribution < -0.4 is 4.74 Å². The van der Waals surface area contributed by atoms with E-state index in [4.69, 9.17) is 4.74 Å². The van der Waals surface area contributed by atoms with E-state index in [1.165, 1.54) is 12.1 Å². The number of nitrogens with one attached hydrogen (secondary N) is 1. The van der Waals surface area contributed by atoms with Crippen LogP contribution in [0.3, 0.4) is 0 Å². The molecule has 0 spiro atoms. The van der Waals surface area contributed by atoms with Crippen LogP contribution in [-0.2, 0) is 11.2 Å². The molecule has 1 aromatic heterocycles. The van der Waals surface area contributed by atoms with E-state index in [0.717, 1.165) is 42.4 Å². The van der Waals surface area contributed by atoms with Crippen molar-refractivity contribution in [3.63, 3.8) is 0 Å². The van der Waals surface area contributed by atoms with E-state index >= 15 is 0 Å². The van der Waals surface area contributed by atoms with Crippen LogP contribution >= 0.6 is 0 Å². The molecular weight excluding hydrogens is 343 g/mol. The van der Waals surface area contributed by atoms with Crippen LogP contribution in [0.25, 0.3) is 10.9 Å². The molecule has 2 heterocycles. The van der Waals surface area contributed by atoms with Crippen molar-refractivity contribution in [3.05, 3.63) is 66.1 Å². The van der Waals surface area contributed by atoms with Crippen LogP contribution in [0.1, 0.15) is 18.4 Å². The number of benzene rings is 2. The fourth-order valence-electron chi connectivity index (χ4n) is 3.72. The predicted molar refractivity (Wildman–Crippen MR) is 103 cm³/mol. The molecule has 4 rings (SSSR count). The molecule has 1 aliphatic rings. The number of nitrogens with zero attached hydrogens (tertiary/aromatic N) is 1. The second-order valence-corrected chi connectivity index (χ2v) is 7.12. The van der Waals surface area contributed by atoms with Crippen LogP contribution in [0, 0.1) is 11.7 Å². The molecule has 4 nitrogen and oxygen atoms in total. The zero-order chi connectivity index (χ0) is 18.6. The molecule has 0 bridgehead atoms. The molecule has 3 aromatic rings. The second kappa shape index (κ2) is 7.82.